The van der Waals surface area contributed by atoms with Gasteiger partial charge in [0.1, 0.15) is 17.4 Å². The number of carbonyl (C=O) groups excluding carboxylic acids is 5. The van der Waals surface area contributed by atoms with E-state index in [9.17, 15) is 33.9 Å². The maximum atomic E-state index is 13.6. The Morgan fingerprint density at radius 1 is 0.938 bits per heavy atom. The van der Waals surface area contributed by atoms with Gasteiger partial charge in [-0.3, -0.25) is 38.9 Å². The van der Waals surface area contributed by atoms with Gasteiger partial charge in [0.05, 0.1) is 60.1 Å². The Bertz CT molecular complexity index is 2510. The largest absolute Gasteiger partial charge is 0.476 e. The summed E-state index contributed by atoms with van der Waals surface area (Å²) in [7, 11) is 0. The van der Waals surface area contributed by atoms with Crippen molar-refractivity contribution in [2.24, 2.45) is 5.92 Å². The predicted octanol–water partition coefficient (Wildman–Crippen LogP) is 2.97. The van der Waals surface area contributed by atoms with Crippen molar-refractivity contribution < 1.29 is 43.3 Å². The van der Waals surface area contributed by atoms with Crippen molar-refractivity contribution >= 4 is 58.3 Å². The summed E-state index contributed by atoms with van der Waals surface area (Å²) in [4.78, 5) is 87.2. The highest BCUT2D eigenvalue weighted by Gasteiger charge is 2.46. The van der Waals surface area contributed by atoms with Gasteiger partial charge in [-0.05, 0) is 81.9 Å². The summed E-state index contributed by atoms with van der Waals surface area (Å²) in [6.45, 7) is 5.31. The van der Waals surface area contributed by atoms with Crippen LogP contribution in [-0.4, -0.2) is 145 Å². The van der Waals surface area contributed by atoms with Gasteiger partial charge >= 0.3 is 5.97 Å². The van der Waals surface area contributed by atoms with Gasteiger partial charge in [0.15, 0.2) is 11.3 Å². The SMILES string of the molecule is O=C1CCC(N2C(=O)c3cccc(NCCCOC4CCN(C[C@H]5CC[C@H](n6ncc(NC(=O)c7cnn8ccc(N9C[C@H]%10CC9CO%10)nc78)c6C(=O)O)CC5)CC4)c3C2=O)C(=O)N1. The molecule has 10 rings (SSSR count). The molecule has 0 radical (unpaired) electrons. The Morgan fingerprint density at radius 2 is 1.77 bits per heavy atom. The van der Waals surface area contributed by atoms with Crippen LogP contribution in [0.5, 0.6) is 0 Å². The number of hydrogen-bond donors (Lipinski definition) is 4. The first-order chi connectivity index (χ1) is 31.1. The monoisotopic (exact) mass is 877 g/mol. The van der Waals surface area contributed by atoms with E-state index in [0.29, 0.717) is 43.4 Å². The minimum absolute atomic E-state index is 0.0404. The van der Waals surface area contributed by atoms with Crippen LogP contribution in [0.3, 0.4) is 0 Å². The molecule has 3 aromatic heterocycles. The molecule has 8 heterocycles. The number of aromatic nitrogens is 5. The zero-order chi connectivity index (χ0) is 44.1. The van der Waals surface area contributed by atoms with Crippen molar-refractivity contribution in [1.29, 1.82) is 0 Å². The van der Waals surface area contributed by atoms with Crippen molar-refractivity contribution in [3.05, 3.63) is 65.2 Å². The molecule has 20 heteroatoms. The molecule has 1 saturated carbocycles. The van der Waals surface area contributed by atoms with E-state index in [1.807, 2.05) is 6.07 Å². The first-order valence-corrected chi connectivity index (χ1v) is 22.4. The fourth-order valence-corrected chi connectivity index (χ4v) is 10.4. The quantitative estimate of drug-likeness (QED) is 0.105. The predicted molar refractivity (Wildman–Crippen MR) is 228 cm³/mol. The summed E-state index contributed by atoms with van der Waals surface area (Å²) < 4.78 is 15.1. The van der Waals surface area contributed by atoms with Crippen molar-refractivity contribution in [2.75, 3.05) is 61.5 Å². The van der Waals surface area contributed by atoms with Gasteiger partial charge in [-0.2, -0.15) is 10.2 Å². The first kappa shape index (κ1) is 41.7. The van der Waals surface area contributed by atoms with Crippen LogP contribution in [0, 0.1) is 5.92 Å². The van der Waals surface area contributed by atoms with Gasteiger partial charge in [0, 0.05) is 57.6 Å². The molecule has 20 nitrogen and oxygen atoms in total. The molecule has 64 heavy (non-hydrogen) atoms. The standard InChI is InChI=1S/C44H51N11O9/c56-36-10-9-34(41(58)50-36)54-42(59)30-3-1-4-32(37(30)43(54)60)45-14-2-18-63-28-11-15-51(16-12-28)22-25-5-7-26(8-6-25)55-38(44(61)62)33(21-47-55)48-40(57)31-20-46-53-17-13-35(49-39(31)53)52-23-29-19-27(52)24-64-29/h1,3-4,13,17,20-21,25-29,34,45H,2,5-12,14-16,18-19,22-24H2,(H,48,57)(H,61,62)(H,50,56,58)/t25-,26-,27?,29-,34?/m1/s1. The Hall–Kier alpha value is -6.25. The van der Waals surface area contributed by atoms with Gasteiger partial charge in [-0.1, -0.05) is 6.07 Å². The van der Waals surface area contributed by atoms with Crippen LogP contribution in [0.4, 0.5) is 17.2 Å². The molecule has 1 aliphatic carbocycles. The number of fused-ring (bicyclic) bond motifs is 4. The summed E-state index contributed by atoms with van der Waals surface area (Å²) in [6.07, 6.45) is 12.1. The molecule has 4 saturated heterocycles. The Balaban J connectivity index is 0.660. The van der Waals surface area contributed by atoms with Crippen LogP contribution in [0.25, 0.3) is 5.65 Å². The van der Waals surface area contributed by atoms with Gasteiger partial charge in [0.2, 0.25) is 11.8 Å². The molecule has 2 bridgehead atoms. The summed E-state index contributed by atoms with van der Waals surface area (Å²) in [5.74, 6) is -2.54. The lowest BCUT2D eigenvalue weighted by Gasteiger charge is -2.36. The summed E-state index contributed by atoms with van der Waals surface area (Å²) in [5.41, 5.74) is 1.74. The number of likely N-dealkylation sites (tertiary alicyclic amines) is 1. The summed E-state index contributed by atoms with van der Waals surface area (Å²) in [5, 5.41) is 27.4. The Morgan fingerprint density at radius 3 is 2.52 bits per heavy atom. The van der Waals surface area contributed by atoms with E-state index < -0.39 is 41.5 Å². The highest BCUT2D eigenvalue weighted by molar-refractivity contribution is 6.25. The van der Waals surface area contributed by atoms with Gasteiger partial charge < -0.3 is 35.0 Å². The topological polar surface area (TPSA) is 235 Å². The Labute approximate surface area is 367 Å². The zero-order valence-electron chi connectivity index (χ0n) is 35.3. The third-order valence-corrected chi connectivity index (χ3v) is 13.7. The van der Waals surface area contributed by atoms with E-state index in [0.717, 1.165) is 81.8 Å². The van der Waals surface area contributed by atoms with E-state index in [-0.39, 0.29) is 65.2 Å². The highest BCUT2D eigenvalue weighted by Crippen LogP contribution is 2.36. The van der Waals surface area contributed by atoms with Crippen LogP contribution >= 0.6 is 0 Å². The second-order valence-corrected chi connectivity index (χ2v) is 17.7. The van der Waals surface area contributed by atoms with Crippen LogP contribution in [-0.2, 0) is 19.1 Å². The highest BCUT2D eigenvalue weighted by atomic mass is 16.5. The zero-order valence-corrected chi connectivity index (χ0v) is 35.3. The number of nitrogens with zero attached hydrogens (tertiary/aromatic N) is 8. The molecule has 336 valence electrons. The van der Waals surface area contributed by atoms with E-state index in [1.54, 1.807) is 33.6 Å². The fourth-order valence-electron chi connectivity index (χ4n) is 10.4. The number of amides is 5. The number of carbonyl (C=O) groups is 6. The van der Waals surface area contributed by atoms with Crippen LogP contribution < -0.4 is 20.9 Å². The number of benzene rings is 1. The summed E-state index contributed by atoms with van der Waals surface area (Å²) in [6, 6.07) is 6.06. The number of imide groups is 2. The number of aromatic carboxylic acids is 1. The lowest BCUT2D eigenvalue weighted by Crippen LogP contribution is -2.54. The van der Waals surface area contributed by atoms with Crippen LogP contribution in [0.2, 0.25) is 0 Å². The van der Waals surface area contributed by atoms with E-state index in [2.05, 4.69) is 35.9 Å². The maximum absolute atomic E-state index is 13.6. The normalized spacial score (nSPS) is 25.0. The van der Waals surface area contributed by atoms with E-state index >= 15 is 0 Å². The maximum Gasteiger partial charge on any atom is 0.356 e. The fraction of sp³-hybridized carbons (Fsp3) is 0.523. The van der Waals surface area contributed by atoms with Crippen LogP contribution in [0.1, 0.15) is 112 Å². The third kappa shape index (κ3) is 7.98. The van der Waals surface area contributed by atoms with E-state index in [4.69, 9.17) is 14.5 Å². The Kier molecular flexibility index (Phi) is 11.3. The molecule has 5 aliphatic heterocycles. The smallest absolute Gasteiger partial charge is 0.356 e. The average molecular weight is 878 g/mol. The second kappa shape index (κ2) is 17.4. The third-order valence-electron chi connectivity index (χ3n) is 13.7. The molecule has 5 amide bonds. The molecule has 1 aromatic carbocycles. The van der Waals surface area contributed by atoms with Gasteiger partial charge in [0.25, 0.3) is 17.7 Å². The molecule has 4 aromatic rings. The number of carboxylic acid groups (broad SMARTS) is 1. The van der Waals surface area contributed by atoms with Gasteiger partial charge in [-0.15, -0.1) is 0 Å². The number of carboxylic acids is 1. The van der Waals surface area contributed by atoms with Crippen molar-refractivity contribution in [2.45, 2.75) is 94.5 Å². The number of nitrogens with one attached hydrogen (secondary N) is 3. The van der Waals surface area contributed by atoms with Crippen molar-refractivity contribution in [3.63, 3.8) is 0 Å². The van der Waals surface area contributed by atoms with Crippen LogP contribution in [0.15, 0.2) is 42.9 Å². The number of morpholine rings is 1. The van der Waals surface area contributed by atoms with E-state index in [1.165, 1.54) is 12.4 Å². The molecule has 2 unspecified atom stereocenters. The van der Waals surface area contributed by atoms with Crippen molar-refractivity contribution in [3.8, 4) is 0 Å². The second-order valence-electron chi connectivity index (χ2n) is 17.7. The average Bonchev–Trinajstić information content (AvgIpc) is 4.15. The molecule has 5 fully saturated rings. The first-order valence-electron chi connectivity index (χ1n) is 22.4. The number of hydrogen-bond acceptors (Lipinski definition) is 14. The lowest BCUT2D eigenvalue weighted by molar-refractivity contribution is -0.136. The minimum atomic E-state index is -1.16. The van der Waals surface area contributed by atoms with Gasteiger partial charge in [-0.25, -0.2) is 14.3 Å². The number of rotatable bonds is 14. The molecular formula is C44H51N11O9. The molecular weight excluding hydrogens is 827 g/mol. The van der Waals surface area contributed by atoms with Crippen molar-refractivity contribution in [1.82, 2.24) is 39.5 Å². The molecule has 0 spiro atoms. The molecule has 3 atom stereocenters. The number of anilines is 3. The molecule has 6 aliphatic rings. The number of ether oxygens (including phenoxy) is 2. The lowest BCUT2D eigenvalue weighted by atomic mass is 9.85. The number of piperidine rings is 2. The summed E-state index contributed by atoms with van der Waals surface area (Å²) >= 11 is 0. The minimum Gasteiger partial charge on any atom is -0.476 e. The molecule has 4 N–H and O–H groups in total.